The summed E-state index contributed by atoms with van der Waals surface area (Å²) in [6, 6.07) is 7.15. The van der Waals surface area contributed by atoms with E-state index in [1.165, 1.54) is 4.52 Å². The standard InChI is InChI=1S/C14H12N4O3/c1-8-9(6-13(19)20)14(21)18-12(16-8)7-11(17-18)10-4-2-3-5-15-10/h2-5,7,17H,6H2,1H3,(H,19,20). The summed E-state index contributed by atoms with van der Waals surface area (Å²) in [6.45, 7) is 1.63. The van der Waals surface area contributed by atoms with Crippen LogP contribution in [0.5, 0.6) is 0 Å². The molecule has 3 aromatic heterocycles. The molecule has 0 aliphatic rings. The molecule has 0 aliphatic heterocycles. The quantitative estimate of drug-likeness (QED) is 0.748. The fourth-order valence-electron chi connectivity index (χ4n) is 2.18. The Morgan fingerprint density at radius 1 is 1.43 bits per heavy atom. The van der Waals surface area contributed by atoms with E-state index in [2.05, 4.69) is 15.1 Å². The summed E-state index contributed by atoms with van der Waals surface area (Å²) in [4.78, 5) is 31.7. The highest BCUT2D eigenvalue weighted by Crippen LogP contribution is 2.16. The normalized spacial score (nSPS) is 10.9. The highest BCUT2D eigenvalue weighted by Gasteiger charge is 2.15. The van der Waals surface area contributed by atoms with Crippen molar-refractivity contribution in [3.8, 4) is 11.4 Å². The third-order valence-electron chi connectivity index (χ3n) is 3.18. The summed E-state index contributed by atoms with van der Waals surface area (Å²) in [5.41, 5.74) is 1.96. The predicted molar refractivity (Wildman–Crippen MR) is 75.1 cm³/mol. The van der Waals surface area contributed by atoms with Crippen LogP contribution >= 0.6 is 0 Å². The average Bonchev–Trinajstić information content (AvgIpc) is 2.88. The molecule has 0 spiro atoms. The molecule has 7 nitrogen and oxygen atoms in total. The summed E-state index contributed by atoms with van der Waals surface area (Å²) in [7, 11) is 0. The number of pyridine rings is 1. The van der Waals surface area contributed by atoms with Gasteiger partial charge in [-0.05, 0) is 19.1 Å². The summed E-state index contributed by atoms with van der Waals surface area (Å²) in [5, 5.41) is 11.8. The number of nitrogens with one attached hydrogen (secondary N) is 1. The van der Waals surface area contributed by atoms with E-state index in [0.717, 1.165) is 0 Å². The minimum Gasteiger partial charge on any atom is -0.481 e. The lowest BCUT2D eigenvalue weighted by Gasteiger charge is -2.02. The number of aromatic amines is 1. The fourth-order valence-corrected chi connectivity index (χ4v) is 2.18. The van der Waals surface area contributed by atoms with E-state index in [1.54, 1.807) is 31.3 Å². The lowest BCUT2D eigenvalue weighted by Crippen LogP contribution is -2.23. The highest BCUT2D eigenvalue weighted by molar-refractivity contribution is 5.70. The van der Waals surface area contributed by atoms with Crippen molar-refractivity contribution in [2.45, 2.75) is 13.3 Å². The van der Waals surface area contributed by atoms with Crippen LogP contribution in [0.25, 0.3) is 17.0 Å². The van der Waals surface area contributed by atoms with E-state index < -0.39 is 11.5 Å². The summed E-state index contributed by atoms with van der Waals surface area (Å²) < 4.78 is 1.25. The Hall–Kier alpha value is -2.96. The molecular formula is C14H12N4O3. The first-order valence-electron chi connectivity index (χ1n) is 6.30. The molecule has 0 radical (unpaired) electrons. The lowest BCUT2D eigenvalue weighted by atomic mass is 10.2. The number of aliphatic carboxylic acids is 1. The molecule has 21 heavy (non-hydrogen) atoms. The van der Waals surface area contributed by atoms with Gasteiger partial charge in [0.05, 0.1) is 23.4 Å². The van der Waals surface area contributed by atoms with Gasteiger partial charge in [-0.1, -0.05) is 6.07 Å². The molecular weight excluding hydrogens is 272 g/mol. The van der Waals surface area contributed by atoms with Crippen molar-refractivity contribution in [2.75, 3.05) is 0 Å². The molecule has 0 amide bonds. The molecule has 3 heterocycles. The number of aromatic nitrogens is 4. The van der Waals surface area contributed by atoms with Crippen LogP contribution in [0, 0.1) is 6.92 Å². The van der Waals surface area contributed by atoms with E-state index in [1.807, 2.05) is 6.07 Å². The molecule has 0 saturated carbocycles. The molecule has 0 fully saturated rings. The Bertz CT molecular complexity index is 880. The van der Waals surface area contributed by atoms with Gasteiger partial charge < -0.3 is 5.11 Å². The first-order chi connectivity index (χ1) is 10.1. The zero-order chi connectivity index (χ0) is 15.0. The van der Waals surface area contributed by atoms with Gasteiger partial charge in [0.15, 0.2) is 5.65 Å². The van der Waals surface area contributed by atoms with Crippen LogP contribution < -0.4 is 5.56 Å². The number of aryl methyl sites for hydroxylation is 1. The summed E-state index contributed by atoms with van der Waals surface area (Å²) >= 11 is 0. The number of H-pyrrole nitrogens is 1. The maximum atomic E-state index is 12.3. The number of nitrogens with zero attached hydrogens (tertiary/aromatic N) is 3. The molecule has 106 valence electrons. The smallest absolute Gasteiger partial charge is 0.308 e. The minimum absolute atomic E-state index is 0.175. The Morgan fingerprint density at radius 3 is 2.90 bits per heavy atom. The molecule has 0 atom stereocenters. The van der Waals surface area contributed by atoms with Crippen molar-refractivity contribution in [2.24, 2.45) is 0 Å². The third kappa shape index (κ3) is 2.29. The van der Waals surface area contributed by atoms with Crippen LogP contribution in [0.3, 0.4) is 0 Å². The van der Waals surface area contributed by atoms with Gasteiger partial charge in [-0.2, -0.15) is 0 Å². The number of carboxylic acids is 1. The second-order valence-corrected chi connectivity index (χ2v) is 4.63. The Morgan fingerprint density at radius 2 is 2.24 bits per heavy atom. The third-order valence-corrected chi connectivity index (χ3v) is 3.18. The Balaban J connectivity index is 2.21. The van der Waals surface area contributed by atoms with Gasteiger partial charge in [0.2, 0.25) is 0 Å². The van der Waals surface area contributed by atoms with Gasteiger partial charge in [-0.15, -0.1) is 0 Å². The van der Waals surface area contributed by atoms with Gasteiger partial charge in [-0.25, -0.2) is 9.50 Å². The Labute approximate surface area is 118 Å². The highest BCUT2D eigenvalue weighted by atomic mass is 16.4. The monoisotopic (exact) mass is 284 g/mol. The maximum absolute atomic E-state index is 12.3. The molecule has 0 aliphatic carbocycles. The van der Waals surface area contributed by atoms with Crippen LogP contribution in [0.1, 0.15) is 11.3 Å². The van der Waals surface area contributed by atoms with Crippen LogP contribution in [-0.4, -0.2) is 30.7 Å². The molecule has 0 aromatic carbocycles. The molecule has 0 saturated heterocycles. The number of fused-ring (bicyclic) bond motifs is 1. The molecule has 3 aromatic rings. The SMILES string of the molecule is Cc1nc2cc(-c3ccccn3)[nH]n2c(=O)c1CC(=O)O. The fraction of sp³-hybridized carbons (Fsp3) is 0.143. The first-order valence-corrected chi connectivity index (χ1v) is 6.30. The molecule has 7 heteroatoms. The zero-order valence-corrected chi connectivity index (χ0v) is 11.2. The van der Waals surface area contributed by atoms with Crippen LogP contribution in [0.15, 0.2) is 35.3 Å². The largest absolute Gasteiger partial charge is 0.481 e. The van der Waals surface area contributed by atoms with Crippen LogP contribution in [0.2, 0.25) is 0 Å². The number of hydrogen-bond donors (Lipinski definition) is 2. The number of carbonyl (C=O) groups is 1. The van der Waals surface area contributed by atoms with Gasteiger partial charge in [0.25, 0.3) is 5.56 Å². The second kappa shape index (κ2) is 4.86. The van der Waals surface area contributed by atoms with Gasteiger partial charge >= 0.3 is 5.97 Å². The van der Waals surface area contributed by atoms with Crippen molar-refractivity contribution in [1.29, 1.82) is 0 Å². The van der Waals surface area contributed by atoms with E-state index in [4.69, 9.17) is 5.11 Å². The lowest BCUT2D eigenvalue weighted by molar-refractivity contribution is -0.136. The predicted octanol–water partition coefficient (Wildman–Crippen LogP) is 1.02. The van der Waals surface area contributed by atoms with Gasteiger partial charge in [0.1, 0.15) is 0 Å². The molecule has 2 N–H and O–H groups in total. The van der Waals surface area contributed by atoms with Crippen molar-refractivity contribution >= 4 is 11.6 Å². The Kier molecular flexibility index (Phi) is 3.02. The minimum atomic E-state index is -1.06. The molecule has 3 rings (SSSR count). The number of carboxylic acid groups (broad SMARTS) is 1. The number of rotatable bonds is 3. The maximum Gasteiger partial charge on any atom is 0.308 e. The topological polar surface area (TPSA) is 100 Å². The summed E-state index contributed by atoms with van der Waals surface area (Å²) in [6.07, 6.45) is 1.30. The molecule has 0 bridgehead atoms. The van der Waals surface area contributed by atoms with Gasteiger partial charge in [0, 0.05) is 18.0 Å². The van der Waals surface area contributed by atoms with Crippen molar-refractivity contribution in [1.82, 2.24) is 19.6 Å². The van der Waals surface area contributed by atoms with Gasteiger partial charge in [-0.3, -0.25) is 19.7 Å². The van der Waals surface area contributed by atoms with E-state index >= 15 is 0 Å². The zero-order valence-electron chi connectivity index (χ0n) is 11.2. The van der Waals surface area contributed by atoms with E-state index in [-0.39, 0.29) is 12.0 Å². The van der Waals surface area contributed by atoms with Crippen LogP contribution in [-0.2, 0) is 11.2 Å². The van der Waals surface area contributed by atoms with Crippen molar-refractivity contribution in [3.63, 3.8) is 0 Å². The first kappa shape index (κ1) is 13.0. The molecule has 0 unspecified atom stereocenters. The van der Waals surface area contributed by atoms with Crippen LogP contribution in [0.4, 0.5) is 0 Å². The number of hydrogen-bond acceptors (Lipinski definition) is 4. The van der Waals surface area contributed by atoms with Crippen molar-refractivity contribution in [3.05, 3.63) is 52.1 Å². The second-order valence-electron chi connectivity index (χ2n) is 4.63. The summed E-state index contributed by atoms with van der Waals surface area (Å²) in [5.74, 6) is -1.06. The van der Waals surface area contributed by atoms with E-state index in [0.29, 0.717) is 22.7 Å². The van der Waals surface area contributed by atoms with E-state index in [9.17, 15) is 9.59 Å². The average molecular weight is 284 g/mol. The van der Waals surface area contributed by atoms with Crippen molar-refractivity contribution < 1.29 is 9.90 Å².